The van der Waals surface area contributed by atoms with Gasteiger partial charge in [-0.25, -0.2) is 0 Å². The van der Waals surface area contributed by atoms with Crippen LogP contribution in [0.5, 0.6) is 0 Å². The Bertz CT molecular complexity index is 1380. The summed E-state index contributed by atoms with van der Waals surface area (Å²) in [5.74, 6) is -0.401. The Hall–Kier alpha value is -3.54. The molecular formula is C29H29F3N2O. The van der Waals surface area contributed by atoms with Gasteiger partial charge in [-0.1, -0.05) is 61.9 Å². The van der Waals surface area contributed by atoms with E-state index < -0.39 is 23.1 Å². The van der Waals surface area contributed by atoms with E-state index in [0.29, 0.717) is 18.4 Å². The quantitative estimate of drug-likeness (QED) is 0.299. The van der Waals surface area contributed by atoms with E-state index in [9.17, 15) is 18.0 Å². The molecule has 0 spiro atoms. The van der Waals surface area contributed by atoms with Crippen LogP contribution in [0, 0.1) is 6.92 Å². The van der Waals surface area contributed by atoms with Gasteiger partial charge in [0, 0.05) is 23.6 Å². The molecule has 3 nitrogen and oxygen atoms in total. The lowest BCUT2D eigenvalue weighted by Crippen LogP contribution is -2.40. The fourth-order valence-electron chi connectivity index (χ4n) is 4.97. The van der Waals surface area contributed by atoms with Gasteiger partial charge in [0.05, 0.1) is 11.0 Å². The van der Waals surface area contributed by atoms with Crippen LogP contribution >= 0.6 is 0 Å². The molecule has 1 amide bonds. The molecule has 0 radical (unpaired) electrons. The Morgan fingerprint density at radius 1 is 0.914 bits per heavy atom. The summed E-state index contributed by atoms with van der Waals surface area (Å²) < 4.78 is 41.7. The third-order valence-electron chi connectivity index (χ3n) is 7.03. The van der Waals surface area contributed by atoms with Gasteiger partial charge in [0.1, 0.15) is 0 Å². The second kappa shape index (κ2) is 9.25. The largest absolute Gasteiger partial charge is 0.416 e. The molecule has 0 aliphatic carbocycles. The topological polar surface area (TPSA) is 48.0 Å². The number of alkyl halides is 3. The number of hydrogen-bond acceptors (Lipinski definition) is 1. The molecule has 0 bridgehead atoms. The number of carbonyl (C=O) groups is 1. The molecule has 0 aliphatic rings. The average molecular weight is 479 g/mol. The standard InChI is InChI=1S/C29H29F3N2O/c1-4-28(5-2,27(33)35)25-18-34(17-20-9-7-11-23(15-20)29(30,31)32)26-13-12-22(16-24(25)26)21-10-6-8-19(3)14-21/h6-16,18H,4-5,17H2,1-3H3,(H2,33,35). The van der Waals surface area contributed by atoms with E-state index >= 15 is 0 Å². The smallest absolute Gasteiger partial charge is 0.369 e. The van der Waals surface area contributed by atoms with Crippen LogP contribution < -0.4 is 5.73 Å². The van der Waals surface area contributed by atoms with E-state index in [1.165, 1.54) is 12.1 Å². The number of primary amides is 1. The molecular weight excluding hydrogens is 449 g/mol. The summed E-state index contributed by atoms with van der Waals surface area (Å²) in [6, 6.07) is 19.6. The predicted molar refractivity (Wildman–Crippen MR) is 134 cm³/mol. The van der Waals surface area contributed by atoms with Gasteiger partial charge in [0.25, 0.3) is 0 Å². The van der Waals surface area contributed by atoms with Gasteiger partial charge >= 0.3 is 6.18 Å². The van der Waals surface area contributed by atoms with Crippen molar-refractivity contribution in [3.63, 3.8) is 0 Å². The number of aryl methyl sites for hydroxylation is 1. The Morgan fingerprint density at radius 3 is 2.23 bits per heavy atom. The van der Waals surface area contributed by atoms with Crippen LogP contribution in [-0.4, -0.2) is 10.5 Å². The maximum Gasteiger partial charge on any atom is 0.416 e. The van der Waals surface area contributed by atoms with E-state index in [-0.39, 0.29) is 6.54 Å². The monoisotopic (exact) mass is 478 g/mol. The Kier molecular flexibility index (Phi) is 6.50. The van der Waals surface area contributed by atoms with Crippen molar-refractivity contribution in [1.82, 2.24) is 4.57 Å². The van der Waals surface area contributed by atoms with Crippen LogP contribution in [0.4, 0.5) is 13.2 Å². The molecule has 3 aromatic carbocycles. The lowest BCUT2D eigenvalue weighted by Gasteiger charge is -2.28. The second-order valence-corrected chi connectivity index (χ2v) is 9.12. The molecule has 0 saturated heterocycles. The number of amides is 1. The number of rotatable bonds is 7. The van der Waals surface area contributed by atoms with Gasteiger partial charge in [0.15, 0.2) is 0 Å². The minimum absolute atomic E-state index is 0.243. The van der Waals surface area contributed by atoms with E-state index in [2.05, 4.69) is 12.1 Å². The normalized spacial score (nSPS) is 12.3. The van der Waals surface area contributed by atoms with Crippen LogP contribution in [-0.2, 0) is 22.9 Å². The summed E-state index contributed by atoms with van der Waals surface area (Å²) in [5.41, 5.74) is 9.78. The first-order valence-corrected chi connectivity index (χ1v) is 11.8. The van der Waals surface area contributed by atoms with Crippen LogP contribution in [0.15, 0.2) is 72.9 Å². The molecule has 1 aromatic heterocycles. The minimum atomic E-state index is -4.41. The number of nitrogens with zero attached hydrogens (tertiary/aromatic N) is 1. The Labute approximate surface area is 203 Å². The summed E-state index contributed by atoms with van der Waals surface area (Å²) in [6.45, 7) is 6.15. The first kappa shape index (κ1) is 24.6. The van der Waals surface area contributed by atoms with E-state index in [1.807, 2.05) is 61.9 Å². The molecule has 1 heterocycles. The van der Waals surface area contributed by atoms with Crippen LogP contribution in [0.25, 0.3) is 22.0 Å². The van der Waals surface area contributed by atoms with Crippen molar-refractivity contribution in [2.24, 2.45) is 5.73 Å². The number of carbonyl (C=O) groups excluding carboxylic acids is 1. The van der Waals surface area contributed by atoms with Crippen LogP contribution in [0.2, 0.25) is 0 Å². The molecule has 0 fully saturated rings. The lowest BCUT2D eigenvalue weighted by atomic mass is 9.75. The van der Waals surface area contributed by atoms with E-state index in [0.717, 1.165) is 39.2 Å². The number of nitrogens with two attached hydrogens (primary N) is 1. The number of fused-ring (bicyclic) bond motifs is 1. The molecule has 4 rings (SSSR count). The summed E-state index contributed by atoms with van der Waals surface area (Å²) in [5, 5.41) is 0.887. The van der Waals surface area contributed by atoms with Crippen molar-refractivity contribution >= 4 is 16.8 Å². The minimum Gasteiger partial charge on any atom is -0.369 e. The fourth-order valence-corrected chi connectivity index (χ4v) is 4.97. The highest BCUT2D eigenvalue weighted by molar-refractivity contribution is 5.96. The summed E-state index contributed by atoms with van der Waals surface area (Å²) in [7, 11) is 0. The third-order valence-corrected chi connectivity index (χ3v) is 7.03. The lowest BCUT2D eigenvalue weighted by molar-refractivity contribution is -0.137. The van der Waals surface area contributed by atoms with Crippen molar-refractivity contribution in [2.45, 2.75) is 51.7 Å². The second-order valence-electron chi connectivity index (χ2n) is 9.12. The zero-order chi connectivity index (χ0) is 25.4. The average Bonchev–Trinajstić information content (AvgIpc) is 3.17. The zero-order valence-corrected chi connectivity index (χ0v) is 20.1. The fraction of sp³-hybridized carbons (Fsp3) is 0.276. The van der Waals surface area contributed by atoms with E-state index in [4.69, 9.17) is 5.73 Å². The van der Waals surface area contributed by atoms with Crippen molar-refractivity contribution in [3.8, 4) is 11.1 Å². The maximum absolute atomic E-state index is 13.3. The predicted octanol–water partition coefficient (Wildman–Crippen LogP) is 7.23. The molecule has 4 aromatic rings. The van der Waals surface area contributed by atoms with Gasteiger partial charge in [-0.05, 0) is 66.3 Å². The molecule has 35 heavy (non-hydrogen) atoms. The van der Waals surface area contributed by atoms with Gasteiger partial charge in [-0.2, -0.15) is 13.2 Å². The molecule has 6 heteroatoms. The third kappa shape index (κ3) is 4.57. The molecule has 182 valence electrons. The molecule has 2 N–H and O–H groups in total. The molecule has 0 aliphatic heterocycles. The Balaban J connectivity index is 1.91. The number of aromatic nitrogens is 1. The molecule has 0 unspecified atom stereocenters. The highest BCUT2D eigenvalue weighted by atomic mass is 19.4. The first-order chi connectivity index (χ1) is 16.6. The highest BCUT2D eigenvalue weighted by Gasteiger charge is 2.37. The summed E-state index contributed by atoms with van der Waals surface area (Å²) >= 11 is 0. The van der Waals surface area contributed by atoms with Crippen molar-refractivity contribution in [3.05, 3.63) is 95.2 Å². The highest BCUT2D eigenvalue weighted by Crippen LogP contribution is 2.39. The van der Waals surface area contributed by atoms with Crippen molar-refractivity contribution in [2.75, 3.05) is 0 Å². The maximum atomic E-state index is 13.3. The van der Waals surface area contributed by atoms with Crippen LogP contribution in [0.1, 0.15) is 48.9 Å². The van der Waals surface area contributed by atoms with E-state index in [1.54, 1.807) is 6.07 Å². The molecule has 0 saturated carbocycles. The van der Waals surface area contributed by atoms with Crippen LogP contribution in [0.3, 0.4) is 0 Å². The number of halogens is 3. The van der Waals surface area contributed by atoms with Gasteiger partial charge < -0.3 is 10.3 Å². The van der Waals surface area contributed by atoms with Gasteiger partial charge in [0.2, 0.25) is 5.91 Å². The Morgan fingerprint density at radius 2 is 1.60 bits per heavy atom. The summed E-state index contributed by atoms with van der Waals surface area (Å²) in [6.07, 6.45) is -1.47. The zero-order valence-electron chi connectivity index (χ0n) is 20.1. The van der Waals surface area contributed by atoms with Gasteiger partial charge in [-0.3, -0.25) is 4.79 Å². The summed E-state index contributed by atoms with van der Waals surface area (Å²) in [4.78, 5) is 12.7. The SMILES string of the molecule is CCC(CC)(C(N)=O)c1cn(Cc2cccc(C(F)(F)F)c2)c2ccc(-c3cccc(C)c3)cc12. The number of benzene rings is 3. The van der Waals surface area contributed by atoms with Gasteiger partial charge in [-0.15, -0.1) is 0 Å². The van der Waals surface area contributed by atoms with Crippen molar-refractivity contribution in [1.29, 1.82) is 0 Å². The molecule has 0 atom stereocenters. The van der Waals surface area contributed by atoms with Crippen molar-refractivity contribution < 1.29 is 18.0 Å². The first-order valence-electron chi connectivity index (χ1n) is 11.8. The number of hydrogen-bond donors (Lipinski definition) is 1.